The molecule has 0 fully saturated rings. The minimum atomic E-state index is -0.217. The Kier molecular flexibility index (Phi) is 4.20. The van der Waals surface area contributed by atoms with Gasteiger partial charge < -0.3 is 4.90 Å². The highest BCUT2D eigenvalue weighted by molar-refractivity contribution is 5.81. The Balaban J connectivity index is 2.05. The lowest BCUT2D eigenvalue weighted by atomic mass is 10.1. The fourth-order valence-electron chi connectivity index (χ4n) is 2.62. The van der Waals surface area contributed by atoms with Gasteiger partial charge in [0.05, 0.1) is 6.04 Å². The van der Waals surface area contributed by atoms with Gasteiger partial charge in [-0.05, 0) is 49.9 Å². The summed E-state index contributed by atoms with van der Waals surface area (Å²) in [5.41, 5.74) is 2.18. The number of hydrogen-bond donors (Lipinski definition) is 1. The number of aryl methyl sites for hydroxylation is 1. The van der Waals surface area contributed by atoms with Crippen LogP contribution in [0.15, 0.2) is 18.2 Å². The summed E-state index contributed by atoms with van der Waals surface area (Å²) < 4.78 is 13.2. The molecule has 0 spiro atoms. The van der Waals surface area contributed by atoms with E-state index in [0.717, 1.165) is 24.0 Å². The monoisotopic (exact) mass is 264 g/mol. The van der Waals surface area contributed by atoms with Crippen LogP contribution in [0.1, 0.15) is 37.4 Å². The van der Waals surface area contributed by atoms with Crippen molar-refractivity contribution in [2.24, 2.45) is 0 Å². The molecule has 19 heavy (non-hydrogen) atoms. The van der Waals surface area contributed by atoms with Crippen molar-refractivity contribution in [1.82, 2.24) is 10.2 Å². The van der Waals surface area contributed by atoms with Gasteiger partial charge in [0.1, 0.15) is 5.82 Å². The summed E-state index contributed by atoms with van der Waals surface area (Å²) in [6.45, 7) is 4.55. The van der Waals surface area contributed by atoms with Gasteiger partial charge in [0, 0.05) is 19.6 Å². The topological polar surface area (TPSA) is 32.3 Å². The highest BCUT2D eigenvalue weighted by atomic mass is 19.1. The zero-order valence-electron chi connectivity index (χ0n) is 11.7. The molecule has 2 unspecified atom stereocenters. The van der Waals surface area contributed by atoms with Crippen LogP contribution in [0.5, 0.6) is 0 Å². The number of amides is 1. The van der Waals surface area contributed by atoms with E-state index in [1.54, 1.807) is 18.0 Å². The average Bonchev–Trinajstić information content (AvgIpc) is 2.79. The molecule has 1 amide bonds. The van der Waals surface area contributed by atoms with Gasteiger partial charge >= 0.3 is 0 Å². The molecule has 1 aliphatic rings. The molecule has 4 heteroatoms. The van der Waals surface area contributed by atoms with E-state index in [0.29, 0.717) is 6.54 Å². The number of hydrogen-bond acceptors (Lipinski definition) is 2. The molecular formula is C15H21FN2O. The van der Waals surface area contributed by atoms with Crippen LogP contribution in [-0.4, -0.2) is 30.4 Å². The van der Waals surface area contributed by atoms with Gasteiger partial charge in [0.25, 0.3) is 0 Å². The van der Waals surface area contributed by atoms with E-state index in [-0.39, 0.29) is 23.8 Å². The molecule has 0 saturated heterocycles. The molecule has 104 valence electrons. The van der Waals surface area contributed by atoms with Crippen molar-refractivity contribution in [2.45, 2.75) is 38.8 Å². The van der Waals surface area contributed by atoms with Crippen molar-refractivity contribution in [3.05, 3.63) is 35.1 Å². The lowest BCUT2D eigenvalue weighted by Crippen LogP contribution is -2.44. The van der Waals surface area contributed by atoms with Crippen molar-refractivity contribution in [1.29, 1.82) is 0 Å². The van der Waals surface area contributed by atoms with Crippen LogP contribution in [0.3, 0.4) is 0 Å². The molecule has 0 aromatic heterocycles. The van der Waals surface area contributed by atoms with Crippen LogP contribution in [0.2, 0.25) is 0 Å². The molecule has 2 atom stereocenters. The molecular weight excluding hydrogens is 243 g/mol. The van der Waals surface area contributed by atoms with Crippen LogP contribution in [-0.2, 0) is 11.2 Å². The summed E-state index contributed by atoms with van der Waals surface area (Å²) in [5.74, 6) is -0.0905. The molecule has 2 rings (SSSR count). The van der Waals surface area contributed by atoms with E-state index < -0.39 is 0 Å². The summed E-state index contributed by atoms with van der Waals surface area (Å²) in [7, 11) is 1.80. The Morgan fingerprint density at radius 3 is 3.00 bits per heavy atom. The molecule has 3 nitrogen and oxygen atoms in total. The van der Waals surface area contributed by atoms with Crippen LogP contribution in [0, 0.1) is 5.82 Å². The predicted molar refractivity (Wildman–Crippen MR) is 73.4 cm³/mol. The van der Waals surface area contributed by atoms with Crippen molar-refractivity contribution in [3.8, 4) is 0 Å². The summed E-state index contributed by atoms with van der Waals surface area (Å²) in [6, 6.07) is 4.85. The van der Waals surface area contributed by atoms with Crippen LogP contribution in [0.25, 0.3) is 0 Å². The minimum absolute atomic E-state index is 0.0954. The molecule has 0 heterocycles. The quantitative estimate of drug-likeness (QED) is 0.904. The number of nitrogens with zero attached hydrogens (tertiary/aromatic N) is 1. The molecule has 1 aromatic rings. The summed E-state index contributed by atoms with van der Waals surface area (Å²) in [4.78, 5) is 13.7. The van der Waals surface area contributed by atoms with E-state index >= 15 is 0 Å². The Morgan fingerprint density at radius 1 is 1.58 bits per heavy atom. The van der Waals surface area contributed by atoms with Crippen molar-refractivity contribution < 1.29 is 9.18 Å². The number of benzene rings is 1. The second kappa shape index (κ2) is 5.70. The molecule has 1 aromatic carbocycles. The molecule has 0 aliphatic heterocycles. The van der Waals surface area contributed by atoms with E-state index in [9.17, 15) is 9.18 Å². The van der Waals surface area contributed by atoms with Gasteiger partial charge in [-0.2, -0.15) is 0 Å². The number of likely N-dealkylation sites (N-methyl/N-ethyl adjacent to an activating group) is 1. The first-order valence-electron chi connectivity index (χ1n) is 6.82. The van der Waals surface area contributed by atoms with Gasteiger partial charge in [-0.25, -0.2) is 4.39 Å². The number of carbonyl (C=O) groups is 1. The predicted octanol–water partition coefficient (Wildman–Crippen LogP) is 2.27. The first kappa shape index (κ1) is 14.0. The minimum Gasteiger partial charge on any atom is -0.345 e. The molecule has 0 saturated carbocycles. The van der Waals surface area contributed by atoms with E-state index in [1.807, 2.05) is 19.9 Å². The Labute approximate surface area is 113 Å². The first-order chi connectivity index (χ1) is 9.02. The summed E-state index contributed by atoms with van der Waals surface area (Å²) in [5, 5.41) is 3.36. The maximum Gasteiger partial charge on any atom is 0.239 e. The Morgan fingerprint density at radius 2 is 2.32 bits per heavy atom. The van der Waals surface area contributed by atoms with Crippen molar-refractivity contribution >= 4 is 5.91 Å². The molecule has 0 bridgehead atoms. The Hall–Kier alpha value is -1.42. The van der Waals surface area contributed by atoms with Gasteiger partial charge in [0.15, 0.2) is 0 Å². The summed E-state index contributed by atoms with van der Waals surface area (Å²) >= 11 is 0. The lowest BCUT2D eigenvalue weighted by Gasteiger charge is -2.24. The van der Waals surface area contributed by atoms with Crippen LogP contribution < -0.4 is 5.32 Å². The molecule has 0 radical (unpaired) electrons. The zero-order chi connectivity index (χ0) is 14.0. The van der Waals surface area contributed by atoms with Gasteiger partial charge in [-0.3, -0.25) is 10.1 Å². The molecule has 1 N–H and O–H groups in total. The van der Waals surface area contributed by atoms with Crippen molar-refractivity contribution in [3.63, 3.8) is 0 Å². The maximum absolute atomic E-state index is 13.2. The van der Waals surface area contributed by atoms with Crippen molar-refractivity contribution in [2.75, 3.05) is 13.6 Å². The number of halogens is 1. The number of carbonyl (C=O) groups excluding carboxylic acids is 1. The second-order valence-corrected chi connectivity index (χ2v) is 5.18. The standard InChI is InChI=1S/C15H21FN2O/c1-4-18(3)15(19)10(2)17-14-8-5-11-9-12(16)6-7-13(11)14/h6-7,9-10,14,17H,4-5,8H2,1-3H3. The second-order valence-electron chi connectivity index (χ2n) is 5.18. The molecule has 1 aliphatic carbocycles. The number of rotatable bonds is 4. The number of fused-ring (bicyclic) bond motifs is 1. The normalized spacial score (nSPS) is 19.1. The lowest BCUT2D eigenvalue weighted by molar-refractivity contribution is -0.131. The SMILES string of the molecule is CCN(C)C(=O)C(C)NC1CCc2cc(F)ccc21. The zero-order valence-corrected chi connectivity index (χ0v) is 11.7. The first-order valence-corrected chi connectivity index (χ1v) is 6.82. The third-order valence-corrected chi connectivity index (χ3v) is 3.85. The van der Waals surface area contributed by atoms with E-state index in [2.05, 4.69) is 5.32 Å². The number of nitrogens with one attached hydrogen (secondary N) is 1. The fraction of sp³-hybridized carbons (Fsp3) is 0.533. The van der Waals surface area contributed by atoms with Crippen LogP contribution >= 0.6 is 0 Å². The largest absolute Gasteiger partial charge is 0.345 e. The Bertz CT molecular complexity index is 475. The third kappa shape index (κ3) is 2.95. The van der Waals surface area contributed by atoms with Gasteiger partial charge in [0.2, 0.25) is 5.91 Å². The van der Waals surface area contributed by atoms with Gasteiger partial charge in [-0.15, -0.1) is 0 Å². The third-order valence-electron chi connectivity index (χ3n) is 3.85. The average molecular weight is 264 g/mol. The highest BCUT2D eigenvalue weighted by Gasteiger charge is 2.26. The maximum atomic E-state index is 13.2. The van der Waals surface area contributed by atoms with E-state index in [1.165, 1.54) is 6.07 Å². The van der Waals surface area contributed by atoms with E-state index in [4.69, 9.17) is 0 Å². The smallest absolute Gasteiger partial charge is 0.239 e. The summed E-state index contributed by atoms with van der Waals surface area (Å²) in [6.07, 6.45) is 1.79. The highest BCUT2D eigenvalue weighted by Crippen LogP contribution is 2.31. The van der Waals surface area contributed by atoms with Crippen LogP contribution in [0.4, 0.5) is 4.39 Å². The fourth-order valence-corrected chi connectivity index (χ4v) is 2.62. The van der Waals surface area contributed by atoms with Gasteiger partial charge in [-0.1, -0.05) is 6.07 Å².